The highest BCUT2D eigenvalue weighted by Gasteiger charge is 2.10. The SMILES string of the molecule is O=C(O)Cc1cnc(Cl)c(-c2cc(Cl)cc(Cl)c2)c1. The summed E-state index contributed by atoms with van der Waals surface area (Å²) >= 11 is 17.9. The number of rotatable bonds is 3. The molecule has 19 heavy (non-hydrogen) atoms. The van der Waals surface area contributed by atoms with Crippen molar-refractivity contribution in [1.82, 2.24) is 4.98 Å². The second kappa shape index (κ2) is 5.78. The van der Waals surface area contributed by atoms with Crippen LogP contribution in [0, 0.1) is 0 Å². The largest absolute Gasteiger partial charge is 0.481 e. The Morgan fingerprint density at radius 1 is 1.11 bits per heavy atom. The maximum Gasteiger partial charge on any atom is 0.307 e. The van der Waals surface area contributed by atoms with Gasteiger partial charge in [-0.2, -0.15) is 0 Å². The van der Waals surface area contributed by atoms with E-state index in [4.69, 9.17) is 39.9 Å². The van der Waals surface area contributed by atoms with Gasteiger partial charge in [-0.15, -0.1) is 0 Å². The van der Waals surface area contributed by atoms with Gasteiger partial charge >= 0.3 is 5.97 Å². The molecule has 0 aliphatic heterocycles. The summed E-state index contributed by atoms with van der Waals surface area (Å²) in [5.74, 6) is -0.931. The predicted molar refractivity (Wildman–Crippen MR) is 76.0 cm³/mol. The molecule has 0 aliphatic rings. The Morgan fingerprint density at radius 3 is 2.32 bits per heavy atom. The van der Waals surface area contributed by atoms with Crippen molar-refractivity contribution >= 4 is 40.8 Å². The summed E-state index contributed by atoms with van der Waals surface area (Å²) in [7, 11) is 0. The van der Waals surface area contributed by atoms with Crippen molar-refractivity contribution in [3.05, 3.63) is 51.2 Å². The van der Waals surface area contributed by atoms with Crippen molar-refractivity contribution in [3.8, 4) is 11.1 Å². The summed E-state index contributed by atoms with van der Waals surface area (Å²) in [5.41, 5.74) is 1.86. The first-order valence-electron chi connectivity index (χ1n) is 5.28. The van der Waals surface area contributed by atoms with Crippen LogP contribution >= 0.6 is 34.8 Å². The molecule has 0 saturated heterocycles. The molecule has 1 N–H and O–H groups in total. The fraction of sp³-hybridized carbons (Fsp3) is 0.0769. The fourth-order valence-corrected chi connectivity index (χ4v) is 2.41. The van der Waals surface area contributed by atoms with Gasteiger partial charge in [0.25, 0.3) is 0 Å². The highest BCUT2D eigenvalue weighted by molar-refractivity contribution is 6.35. The summed E-state index contributed by atoms with van der Waals surface area (Å²) in [4.78, 5) is 14.7. The quantitative estimate of drug-likeness (QED) is 0.857. The lowest BCUT2D eigenvalue weighted by molar-refractivity contribution is -0.136. The van der Waals surface area contributed by atoms with Gasteiger partial charge in [-0.25, -0.2) is 4.98 Å². The topological polar surface area (TPSA) is 50.2 Å². The van der Waals surface area contributed by atoms with Gasteiger partial charge in [-0.3, -0.25) is 4.79 Å². The van der Waals surface area contributed by atoms with Crippen molar-refractivity contribution in [2.45, 2.75) is 6.42 Å². The third kappa shape index (κ3) is 3.60. The number of benzene rings is 1. The first kappa shape index (κ1) is 14.1. The van der Waals surface area contributed by atoms with Crippen LogP contribution in [0.4, 0.5) is 0 Å². The molecule has 3 nitrogen and oxygen atoms in total. The van der Waals surface area contributed by atoms with Gasteiger partial charge in [0.2, 0.25) is 0 Å². The lowest BCUT2D eigenvalue weighted by atomic mass is 10.0. The van der Waals surface area contributed by atoms with E-state index in [2.05, 4.69) is 4.98 Å². The second-order valence-corrected chi connectivity index (χ2v) is 5.14. The molecule has 2 aromatic rings. The van der Waals surface area contributed by atoms with Gasteiger partial charge in [-0.05, 0) is 35.4 Å². The summed E-state index contributed by atoms with van der Waals surface area (Å²) in [6.45, 7) is 0. The molecule has 0 radical (unpaired) electrons. The monoisotopic (exact) mass is 315 g/mol. The van der Waals surface area contributed by atoms with Crippen LogP contribution in [-0.4, -0.2) is 16.1 Å². The molecule has 0 atom stereocenters. The van der Waals surface area contributed by atoms with Crippen LogP contribution in [0.25, 0.3) is 11.1 Å². The van der Waals surface area contributed by atoms with Gasteiger partial charge in [0.05, 0.1) is 6.42 Å². The minimum atomic E-state index is -0.931. The molecule has 0 spiro atoms. The number of aliphatic carboxylic acids is 1. The minimum Gasteiger partial charge on any atom is -0.481 e. The van der Waals surface area contributed by atoms with Crippen LogP contribution < -0.4 is 0 Å². The Kier molecular flexibility index (Phi) is 4.30. The maximum atomic E-state index is 10.7. The van der Waals surface area contributed by atoms with E-state index in [0.717, 1.165) is 0 Å². The van der Waals surface area contributed by atoms with Gasteiger partial charge in [-0.1, -0.05) is 34.8 Å². The molecule has 0 bridgehead atoms. The van der Waals surface area contributed by atoms with E-state index in [0.29, 0.717) is 26.7 Å². The fourth-order valence-electron chi connectivity index (χ4n) is 1.67. The van der Waals surface area contributed by atoms with E-state index >= 15 is 0 Å². The highest BCUT2D eigenvalue weighted by atomic mass is 35.5. The third-order valence-electron chi connectivity index (χ3n) is 2.42. The predicted octanol–water partition coefficient (Wildman–Crippen LogP) is 4.34. The van der Waals surface area contributed by atoms with Crippen molar-refractivity contribution in [3.63, 3.8) is 0 Å². The molecule has 2 rings (SSSR count). The number of halogens is 3. The number of carbonyl (C=O) groups is 1. The Labute approximate surface area is 124 Å². The minimum absolute atomic E-state index is 0.120. The van der Waals surface area contributed by atoms with Crippen LogP contribution in [0.15, 0.2) is 30.5 Å². The number of hydrogen-bond acceptors (Lipinski definition) is 2. The Balaban J connectivity index is 2.51. The lowest BCUT2D eigenvalue weighted by Gasteiger charge is -2.07. The number of carboxylic acid groups (broad SMARTS) is 1. The third-order valence-corrected chi connectivity index (χ3v) is 3.16. The number of aromatic nitrogens is 1. The van der Waals surface area contributed by atoms with Crippen LogP contribution in [-0.2, 0) is 11.2 Å². The zero-order valence-corrected chi connectivity index (χ0v) is 11.8. The summed E-state index contributed by atoms with van der Waals surface area (Å²) in [5, 5.41) is 10.0. The number of pyridine rings is 1. The molecule has 0 aliphatic carbocycles. The van der Waals surface area contributed by atoms with Crippen LogP contribution in [0.3, 0.4) is 0 Å². The van der Waals surface area contributed by atoms with Crippen molar-refractivity contribution in [2.24, 2.45) is 0 Å². The molecule has 98 valence electrons. The van der Waals surface area contributed by atoms with E-state index in [1.165, 1.54) is 6.20 Å². The molecule has 1 aromatic heterocycles. The molecule has 0 amide bonds. The van der Waals surface area contributed by atoms with Gasteiger partial charge in [0, 0.05) is 21.8 Å². The van der Waals surface area contributed by atoms with Crippen LogP contribution in [0.1, 0.15) is 5.56 Å². The van der Waals surface area contributed by atoms with E-state index < -0.39 is 5.97 Å². The normalized spacial score (nSPS) is 10.5. The smallest absolute Gasteiger partial charge is 0.307 e. The van der Waals surface area contributed by atoms with E-state index in [1.807, 2.05) is 0 Å². The molecular formula is C13H8Cl3NO2. The van der Waals surface area contributed by atoms with Crippen molar-refractivity contribution in [1.29, 1.82) is 0 Å². The molecular weight excluding hydrogens is 309 g/mol. The first-order chi connectivity index (χ1) is 8.95. The molecule has 0 fully saturated rings. The molecule has 1 heterocycles. The Morgan fingerprint density at radius 2 is 1.74 bits per heavy atom. The summed E-state index contributed by atoms with van der Waals surface area (Å²) in [6, 6.07) is 6.67. The zero-order chi connectivity index (χ0) is 14.0. The van der Waals surface area contributed by atoms with Crippen molar-refractivity contribution in [2.75, 3.05) is 0 Å². The summed E-state index contributed by atoms with van der Waals surface area (Å²) in [6.07, 6.45) is 1.32. The Bertz CT molecular complexity index is 624. The van der Waals surface area contributed by atoms with E-state index in [9.17, 15) is 4.79 Å². The standard InChI is InChI=1S/C13H8Cl3NO2/c14-9-3-8(4-10(15)5-9)11-1-7(2-12(18)19)6-17-13(11)16/h1,3-6H,2H2,(H,18,19). The lowest BCUT2D eigenvalue weighted by Crippen LogP contribution is -2.01. The van der Waals surface area contributed by atoms with Crippen LogP contribution in [0.2, 0.25) is 15.2 Å². The average molecular weight is 317 g/mol. The number of carboxylic acids is 1. The van der Waals surface area contributed by atoms with Crippen LogP contribution in [0.5, 0.6) is 0 Å². The van der Waals surface area contributed by atoms with E-state index in [-0.39, 0.29) is 11.6 Å². The number of hydrogen-bond donors (Lipinski definition) is 1. The maximum absolute atomic E-state index is 10.7. The molecule has 0 unspecified atom stereocenters. The summed E-state index contributed by atoms with van der Waals surface area (Å²) < 4.78 is 0. The number of nitrogens with zero attached hydrogens (tertiary/aromatic N) is 1. The van der Waals surface area contributed by atoms with Gasteiger partial charge < -0.3 is 5.11 Å². The zero-order valence-electron chi connectivity index (χ0n) is 9.53. The average Bonchev–Trinajstić information content (AvgIpc) is 2.29. The van der Waals surface area contributed by atoms with Gasteiger partial charge in [0.1, 0.15) is 5.15 Å². The first-order valence-corrected chi connectivity index (χ1v) is 6.42. The van der Waals surface area contributed by atoms with Crippen molar-refractivity contribution < 1.29 is 9.90 Å². The molecule has 0 saturated carbocycles. The second-order valence-electron chi connectivity index (χ2n) is 3.91. The Hall–Kier alpha value is -1.29. The van der Waals surface area contributed by atoms with Gasteiger partial charge in [0.15, 0.2) is 0 Å². The molecule has 6 heteroatoms. The van der Waals surface area contributed by atoms with E-state index in [1.54, 1.807) is 24.3 Å². The molecule has 1 aromatic carbocycles. The highest BCUT2D eigenvalue weighted by Crippen LogP contribution is 2.31.